The van der Waals surface area contributed by atoms with Crippen molar-refractivity contribution in [2.24, 2.45) is 11.5 Å². The highest BCUT2D eigenvalue weighted by molar-refractivity contribution is 5.98. The molecule has 9 nitrogen and oxygen atoms in total. The number of nitrogens with one attached hydrogen (secondary N) is 2. The molecule has 0 bridgehead atoms. The van der Waals surface area contributed by atoms with Crippen molar-refractivity contribution >= 4 is 28.5 Å². The van der Waals surface area contributed by atoms with E-state index in [4.69, 9.17) is 11.5 Å². The van der Waals surface area contributed by atoms with Gasteiger partial charge in [0, 0.05) is 42.6 Å². The molecule has 3 heterocycles. The van der Waals surface area contributed by atoms with Crippen LogP contribution in [0.15, 0.2) is 47.9 Å². The summed E-state index contributed by atoms with van der Waals surface area (Å²) < 4.78 is 0. The number of nitrogens with zero attached hydrogens (tertiary/aromatic N) is 3. The predicted molar refractivity (Wildman–Crippen MR) is 117 cm³/mol. The molecule has 0 aliphatic heterocycles. The Morgan fingerprint density at radius 3 is 2.57 bits per heavy atom. The van der Waals surface area contributed by atoms with Crippen LogP contribution in [0.25, 0.3) is 22.3 Å². The van der Waals surface area contributed by atoms with E-state index in [0.717, 1.165) is 16.6 Å². The molecular formula is C21H25N7O2. The largest absolute Gasteiger partial charge is 0.402 e. The van der Waals surface area contributed by atoms with Crippen LogP contribution in [0.3, 0.4) is 0 Å². The van der Waals surface area contributed by atoms with Crippen LogP contribution in [0.5, 0.6) is 0 Å². The lowest BCUT2D eigenvalue weighted by atomic mass is 10.1. The smallest absolute Gasteiger partial charge is 0.271 e. The molecule has 1 unspecified atom stereocenters. The van der Waals surface area contributed by atoms with Gasteiger partial charge in [0.2, 0.25) is 5.91 Å². The summed E-state index contributed by atoms with van der Waals surface area (Å²) in [4.78, 5) is 37.7. The fraction of sp³-hybridized carbons (Fsp3) is 0.238. The lowest BCUT2D eigenvalue weighted by molar-refractivity contribution is -0.116. The van der Waals surface area contributed by atoms with Gasteiger partial charge in [-0.1, -0.05) is 0 Å². The van der Waals surface area contributed by atoms with Crippen molar-refractivity contribution in [3.05, 3.63) is 53.6 Å². The van der Waals surface area contributed by atoms with Crippen LogP contribution >= 0.6 is 0 Å². The molecule has 0 aliphatic rings. The summed E-state index contributed by atoms with van der Waals surface area (Å²) in [6.07, 6.45) is 3.14. The Morgan fingerprint density at radius 1 is 1.17 bits per heavy atom. The molecule has 156 valence electrons. The second-order valence-corrected chi connectivity index (χ2v) is 7.31. The molecule has 0 aliphatic carbocycles. The van der Waals surface area contributed by atoms with E-state index in [1.807, 2.05) is 12.1 Å². The molecular weight excluding hydrogens is 382 g/mol. The SMILES string of the molecule is C/C(N)=C(\C)C(N)C(=O)Nc1cnc2[nH]c(-c3ccnc(C(=O)N(C)C)c3)cc2c1. The molecule has 0 fully saturated rings. The number of carbonyl (C=O) groups is 2. The third-order valence-electron chi connectivity index (χ3n) is 4.80. The number of allylic oxidation sites excluding steroid dienone is 1. The van der Waals surface area contributed by atoms with Gasteiger partial charge in [-0.05, 0) is 43.7 Å². The van der Waals surface area contributed by atoms with Gasteiger partial charge in [0.05, 0.1) is 11.9 Å². The lowest BCUT2D eigenvalue weighted by Gasteiger charge is -2.14. The van der Waals surface area contributed by atoms with Crippen molar-refractivity contribution in [2.75, 3.05) is 19.4 Å². The van der Waals surface area contributed by atoms with Crippen molar-refractivity contribution in [3.63, 3.8) is 0 Å². The zero-order valence-electron chi connectivity index (χ0n) is 17.4. The third-order valence-corrected chi connectivity index (χ3v) is 4.80. The summed E-state index contributed by atoms with van der Waals surface area (Å²) in [5, 5.41) is 3.57. The fourth-order valence-corrected chi connectivity index (χ4v) is 2.85. The van der Waals surface area contributed by atoms with E-state index in [-0.39, 0.29) is 11.8 Å². The van der Waals surface area contributed by atoms with E-state index in [1.54, 1.807) is 52.5 Å². The van der Waals surface area contributed by atoms with Gasteiger partial charge < -0.3 is 26.7 Å². The van der Waals surface area contributed by atoms with Crippen LogP contribution in [0.4, 0.5) is 5.69 Å². The van der Waals surface area contributed by atoms with Crippen LogP contribution in [0.1, 0.15) is 24.3 Å². The molecule has 0 saturated carbocycles. The van der Waals surface area contributed by atoms with E-state index >= 15 is 0 Å². The number of fused-ring (bicyclic) bond motifs is 1. The Kier molecular flexibility index (Phi) is 5.84. The summed E-state index contributed by atoms with van der Waals surface area (Å²) in [5.74, 6) is -0.542. The number of aromatic amines is 1. The third kappa shape index (κ3) is 4.31. The quantitative estimate of drug-likeness (QED) is 0.508. The number of rotatable bonds is 5. The van der Waals surface area contributed by atoms with Gasteiger partial charge in [0.1, 0.15) is 17.4 Å². The first-order valence-electron chi connectivity index (χ1n) is 9.33. The summed E-state index contributed by atoms with van der Waals surface area (Å²) in [5.41, 5.74) is 15.9. The molecule has 0 radical (unpaired) electrons. The van der Waals surface area contributed by atoms with Crippen LogP contribution < -0.4 is 16.8 Å². The van der Waals surface area contributed by atoms with Gasteiger partial charge in [-0.2, -0.15) is 0 Å². The molecule has 2 amide bonds. The van der Waals surface area contributed by atoms with Crippen LogP contribution in [-0.4, -0.2) is 51.8 Å². The van der Waals surface area contributed by atoms with Gasteiger partial charge >= 0.3 is 0 Å². The Morgan fingerprint density at radius 2 is 1.90 bits per heavy atom. The maximum atomic E-state index is 12.4. The maximum Gasteiger partial charge on any atom is 0.271 e. The Balaban J connectivity index is 1.87. The molecule has 1 atom stereocenters. The van der Waals surface area contributed by atoms with Gasteiger partial charge in [-0.25, -0.2) is 4.98 Å². The predicted octanol–water partition coefficient (Wildman–Crippen LogP) is 1.85. The van der Waals surface area contributed by atoms with Crippen molar-refractivity contribution in [3.8, 4) is 11.3 Å². The number of carbonyl (C=O) groups excluding carboxylic acids is 2. The van der Waals surface area contributed by atoms with E-state index < -0.39 is 6.04 Å². The lowest BCUT2D eigenvalue weighted by Crippen LogP contribution is -2.37. The van der Waals surface area contributed by atoms with Crippen molar-refractivity contribution in [2.45, 2.75) is 19.9 Å². The molecule has 9 heteroatoms. The van der Waals surface area contributed by atoms with Crippen LogP contribution in [-0.2, 0) is 4.79 Å². The van der Waals surface area contributed by atoms with E-state index in [0.29, 0.717) is 28.3 Å². The zero-order valence-corrected chi connectivity index (χ0v) is 17.4. The number of H-pyrrole nitrogens is 1. The van der Waals surface area contributed by atoms with Gasteiger partial charge in [-0.15, -0.1) is 0 Å². The molecule has 30 heavy (non-hydrogen) atoms. The average molecular weight is 407 g/mol. The minimum atomic E-state index is -0.836. The molecule has 6 N–H and O–H groups in total. The summed E-state index contributed by atoms with van der Waals surface area (Å²) in [6.45, 7) is 3.43. The van der Waals surface area contributed by atoms with Crippen LogP contribution in [0.2, 0.25) is 0 Å². The number of nitrogens with two attached hydrogens (primary N) is 2. The molecule has 0 spiro atoms. The first-order valence-corrected chi connectivity index (χ1v) is 9.33. The fourth-order valence-electron chi connectivity index (χ4n) is 2.85. The Hall–Kier alpha value is -3.72. The molecule has 3 aromatic heterocycles. The second-order valence-electron chi connectivity index (χ2n) is 7.31. The van der Waals surface area contributed by atoms with Crippen LogP contribution in [0, 0.1) is 0 Å². The number of aromatic nitrogens is 3. The number of pyridine rings is 2. The molecule has 3 aromatic rings. The van der Waals surface area contributed by atoms with E-state index in [9.17, 15) is 9.59 Å². The Labute approximate surface area is 174 Å². The number of hydrogen-bond donors (Lipinski definition) is 4. The highest BCUT2D eigenvalue weighted by atomic mass is 16.2. The number of amides is 2. The first kappa shape index (κ1) is 21.0. The minimum absolute atomic E-state index is 0.176. The molecule has 0 aromatic carbocycles. The van der Waals surface area contributed by atoms with E-state index in [2.05, 4.69) is 20.3 Å². The van der Waals surface area contributed by atoms with Crippen molar-refractivity contribution in [1.82, 2.24) is 19.9 Å². The second kappa shape index (κ2) is 8.34. The molecule has 0 saturated heterocycles. The van der Waals surface area contributed by atoms with Crippen molar-refractivity contribution < 1.29 is 9.59 Å². The monoisotopic (exact) mass is 407 g/mol. The highest BCUT2D eigenvalue weighted by Gasteiger charge is 2.17. The number of hydrogen-bond acceptors (Lipinski definition) is 6. The zero-order chi connectivity index (χ0) is 22.0. The van der Waals surface area contributed by atoms with Gasteiger partial charge in [-0.3, -0.25) is 14.6 Å². The topological polar surface area (TPSA) is 143 Å². The summed E-state index contributed by atoms with van der Waals surface area (Å²) in [6, 6.07) is 6.39. The maximum absolute atomic E-state index is 12.4. The number of anilines is 1. The standard InChI is InChI=1S/C21H25N7O2/c1-11(12(2)22)18(23)20(29)26-15-7-14-9-16(27-19(14)25-10-15)13-5-6-24-17(8-13)21(30)28(3)4/h5-10,18H,22-23H2,1-4H3,(H,25,27)(H,26,29)/b12-11-. The normalized spacial score (nSPS) is 13.0. The first-order chi connectivity index (χ1) is 14.2. The average Bonchev–Trinajstić information content (AvgIpc) is 3.15. The summed E-state index contributed by atoms with van der Waals surface area (Å²) >= 11 is 0. The van der Waals surface area contributed by atoms with Gasteiger partial charge in [0.15, 0.2) is 0 Å². The summed E-state index contributed by atoms with van der Waals surface area (Å²) in [7, 11) is 3.36. The minimum Gasteiger partial charge on any atom is -0.402 e. The van der Waals surface area contributed by atoms with Crippen molar-refractivity contribution in [1.29, 1.82) is 0 Å². The van der Waals surface area contributed by atoms with Gasteiger partial charge in [0.25, 0.3) is 5.91 Å². The molecule has 3 rings (SSSR count). The van der Waals surface area contributed by atoms with E-state index in [1.165, 1.54) is 4.90 Å². The Bertz CT molecular complexity index is 1140. The highest BCUT2D eigenvalue weighted by Crippen LogP contribution is 2.25.